The number of fused-ring (bicyclic) bond motifs is 1. The molecule has 5 heteroatoms. The number of benzene rings is 3. The molecule has 0 amide bonds. The number of nitrogens with zero attached hydrogens (tertiary/aromatic N) is 2. The molecule has 0 saturated heterocycles. The van der Waals surface area contributed by atoms with Crippen LogP contribution in [0.3, 0.4) is 0 Å². The number of thioether (sulfide) groups is 1. The van der Waals surface area contributed by atoms with E-state index in [2.05, 4.69) is 18.7 Å². The number of aromatic nitrogens is 2. The molecule has 0 unspecified atom stereocenters. The van der Waals surface area contributed by atoms with Crippen LogP contribution in [0.15, 0.2) is 89.3 Å². The summed E-state index contributed by atoms with van der Waals surface area (Å²) in [6.45, 7) is 4.17. The van der Waals surface area contributed by atoms with Crippen molar-refractivity contribution in [2.75, 3.05) is 0 Å². The Kier molecular flexibility index (Phi) is 5.84. The van der Waals surface area contributed by atoms with E-state index < -0.39 is 0 Å². The molecule has 3 aromatic carbocycles. The molecule has 0 bridgehead atoms. The van der Waals surface area contributed by atoms with E-state index in [-0.39, 0.29) is 5.56 Å². The van der Waals surface area contributed by atoms with Crippen molar-refractivity contribution in [3.63, 3.8) is 0 Å². The largest absolute Gasteiger partial charge is 0.283 e. The summed E-state index contributed by atoms with van der Waals surface area (Å²) in [5, 5.41) is 1.93. The molecule has 0 radical (unpaired) electrons. The molecule has 0 aliphatic rings. The normalized spacial score (nSPS) is 10.9. The van der Waals surface area contributed by atoms with E-state index in [4.69, 9.17) is 16.6 Å². The van der Waals surface area contributed by atoms with E-state index in [9.17, 15) is 4.79 Å². The highest BCUT2D eigenvalue weighted by atomic mass is 35.5. The SMILES string of the molecule is C=Cc1ccc(CSc2nc3ccccc3c(=O)n2Cc2ccccc2Cl)cc1. The van der Waals surface area contributed by atoms with Crippen LogP contribution in [-0.4, -0.2) is 9.55 Å². The Morgan fingerprint density at radius 2 is 1.72 bits per heavy atom. The average Bonchev–Trinajstić information content (AvgIpc) is 2.76. The van der Waals surface area contributed by atoms with Crippen molar-refractivity contribution in [2.45, 2.75) is 17.5 Å². The maximum absolute atomic E-state index is 13.2. The van der Waals surface area contributed by atoms with Gasteiger partial charge in [0.1, 0.15) is 0 Å². The maximum Gasteiger partial charge on any atom is 0.262 e. The first-order chi connectivity index (χ1) is 14.2. The van der Waals surface area contributed by atoms with Gasteiger partial charge < -0.3 is 0 Å². The highest BCUT2D eigenvalue weighted by Crippen LogP contribution is 2.24. The number of para-hydroxylation sites is 1. The van der Waals surface area contributed by atoms with Gasteiger partial charge in [0.15, 0.2) is 5.16 Å². The molecule has 1 heterocycles. The fraction of sp³-hybridized carbons (Fsp3) is 0.0833. The van der Waals surface area contributed by atoms with Crippen molar-refractivity contribution < 1.29 is 0 Å². The fourth-order valence-electron chi connectivity index (χ4n) is 3.09. The molecule has 0 atom stereocenters. The highest BCUT2D eigenvalue weighted by Gasteiger charge is 2.13. The van der Waals surface area contributed by atoms with Crippen molar-refractivity contribution in [1.82, 2.24) is 9.55 Å². The zero-order valence-electron chi connectivity index (χ0n) is 15.7. The Hall–Kier alpha value is -2.82. The topological polar surface area (TPSA) is 34.9 Å². The summed E-state index contributed by atoms with van der Waals surface area (Å²) in [5.74, 6) is 0.713. The van der Waals surface area contributed by atoms with Gasteiger partial charge in [-0.1, -0.05) is 90.6 Å². The second-order valence-electron chi connectivity index (χ2n) is 6.63. The predicted octanol–water partition coefficient (Wildman–Crippen LogP) is 6.03. The van der Waals surface area contributed by atoms with Crippen LogP contribution >= 0.6 is 23.4 Å². The van der Waals surface area contributed by atoms with Crippen LogP contribution in [0.25, 0.3) is 17.0 Å². The fourth-order valence-corrected chi connectivity index (χ4v) is 4.24. The summed E-state index contributed by atoms with van der Waals surface area (Å²) in [6.07, 6.45) is 1.82. The third kappa shape index (κ3) is 4.29. The van der Waals surface area contributed by atoms with Gasteiger partial charge in [0.25, 0.3) is 5.56 Å². The minimum atomic E-state index is -0.0555. The average molecular weight is 419 g/mol. The van der Waals surface area contributed by atoms with Crippen molar-refractivity contribution in [2.24, 2.45) is 0 Å². The first-order valence-corrected chi connectivity index (χ1v) is 10.6. The van der Waals surface area contributed by atoms with Crippen LogP contribution in [0.2, 0.25) is 5.02 Å². The molecule has 0 aliphatic carbocycles. The number of hydrogen-bond acceptors (Lipinski definition) is 3. The van der Waals surface area contributed by atoms with Crippen molar-refractivity contribution >= 4 is 40.3 Å². The lowest BCUT2D eigenvalue weighted by molar-refractivity contribution is 0.658. The van der Waals surface area contributed by atoms with Gasteiger partial charge in [0.2, 0.25) is 0 Å². The standard InChI is InChI=1S/C24H19ClN2OS/c1-2-17-11-13-18(14-12-17)16-29-24-26-22-10-6-4-8-20(22)23(28)27(24)15-19-7-3-5-9-21(19)25/h2-14H,1,15-16H2. The van der Waals surface area contributed by atoms with E-state index in [1.807, 2.05) is 66.7 Å². The number of rotatable bonds is 6. The Bertz CT molecular complexity index is 1230. The van der Waals surface area contributed by atoms with Crippen LogP contribution in [0, 0.1) is 0 Å². The van der Waals surface area contributed by atoms with Crippen LogP contribution in [0.5, 0.6) is 0 Å². The van der Waals surface area contributed by atoms with Crippen molar-refractivity contribution in [3.05, 3.63) is 111 Å². The van der Waals surface area contributed by atoms with Gasteiger partial charge in [0, 0.05) is 10.8 Å². The molecule has 4 aromatic rings. The molecule has 29 heavy (non-hydrogen) atoms. The van der Waals surface area contributed by atoms with Crippen LogP contribution < -0.4 is 5.56 Å². The van der Waals surface area contributed by atoms with Gasteiger partial charge in [-0.05, 0) is 34.9 Å². The minimum absolute atomic E-state index is 0.0555. The Balaban J connectivity index is 1.73. The summed E-state index contributed by atoms with van der Waals surface area (Å²) < 4.78 is 1.71. The Morgan fingerprint density at radius 1 is 1.00 bits per heavy atom. The van der Waals surface area contributed by atoms with Gasteiger partial charge >= 0.3 is 0 Å². The third-order valence-electron chi connectivity index (χ3n) is 4.70. The van der Waals surface area contributed by atoms with Gasteiger partial charge in [-0.2, -0.15) is 0 Å². The van der Waals surface area contributed by atoms with Crippen LogP contribution in [0.1, 0.15) is 16.7 Å². The zero-order valence-corrected chi connectivity index (χ0v) is 17.3. The van der Waals surface area contributed by atoms with E-state index in [1.54, 1.807) is 16.3 Å². The maximum atomic E-state index is 13.2. The summed E-state index contributed by atoms with van der Waals surface area (Å²) >= 11 is 7.90. The molecule has 0 fully saturated rings. The quantitative estimate of drug-likeness (QED) is 0.283. The van der Waals surface area contributed by atoms with Crippen LogP contribution in [0.4, 0.5) is 0 Å². The van der Waals surface area contributed by atoms with Crippen LogP contribution in [-0.2, 0) is 12.3 Å². The zero-order chi connectivity index (χ0) is 20.2. The molecule has 1 aromatic heterocycles. The summed E-state index contributed by atoms with van der Waals surface area (Å²) in [5.41, 5.74) is 3.79. The monoisotopic (exact) mass is 418 g/mol. The molecular formula is C24H19ClN2OS. The first kappa shape index (κ1) is 19.5. The lowest BCUT2D eigenvalue weighted by Gasteiger charge is -2.14. The van der Waals surface area contributed by atoms with Crippen molar-refractivity contribution in [1.29, 1.82) is 0 Å². The minimum Gasteiger partial charge on any atom is -0.283 e. The smallest absolute Gasteiger partial charge is 0.262 e. The summed E-state index contributed by atoms with van der Waals surface area (Å²) in [4.78, 5) is 18.0. The van der Waals surface area contributed by atoms with Gasteiger partial charge in [-0.3, -0.25) is 9.36 Å². The number of halogens is 1. The molecule has 0 N–H and O–H groups in total. The lowest BCUT2D eigenvalue weighted by atomic mass is 10.1. The molecular weight excluding hydrogens is 400 g/mol. The number of hydrogen-bond donors (Lipinski definition) is 0. The summed E-state index contributed by atoms with van der Waals surface area (Å²) in [6, 6.07) is 23.2. The predicted molar refractivity (Wildman–Crippen MR) is 123 cm³/mol. The van der Waals surface area contributed by atoms with Gasteiger partial charge in [-0.15, -0.1) is 0 Å². The molecule has 0 saturated carbocycles. The van der Waals surface area contributed by atoms with E-state index in [1.165, 1.54) is 0 Å². The Labute approximate surface area is 178 Å². The van der Waals surface area contributed by atoms with Gasteiger partial charge in [0.05, 0.1) is 17.4 Å². The highest BCUT2D eigenvalue weighted by molar-refractivity contribution is 7.98. The van der Waals surface area contributed by atoms with E-state index >= 15 is 0 Å². The molecule has 0 spiro atoms. The Morgan fingerprint density at radius 3 is 2.48 bits per heavy atom. The van der Waals surface area contributed by atoms with E-state index in [0.717, 1.165) is 16.7 Å². The summed E-state index contributed by atoms with van der Waals surface area (Å²) in [7, 11) is 0. The van der Waals surface area contributed by atoms with Crippen molar-refractivity contribution in [3.8, 4) is 0 Å². The van der Waals surface area contributed by atoms with E-state index in [0.29, 0.717) is 33.4 Å². The molecule has 4 rings (SSSR count). The molecule has 144 valence electrons. The van der Waals surface area contributed by atoms with Gasteiger partial charge in [-0.25, -0.2) is 4.98 Å². The lowest BCUT2D eigenvalue weighted by Crippen LogP contribution is -2.24. The first-order valence-electron chi connectivity index (χ1n) is 9.23. The second kappa shape index (κ2) is 8.68. The molecule has 0 aliphatic heterocycles. The third-order valence-corrected chi connectivity index (χ3v) is 6.11. The molecule has 3 nitrogen and oxygen atoms in total. The second-order valence-corrected chi connectivity index (χ2v) is 7.98.